The summed E-state index contributed by atoms with van der Waals surface area (Å²) in [5.41, 5.74) is 0. The van der Waals surface area contributed by atoms with E-state index in [1.54, 1.807) is 13.2 Å². The molecule has 2 aliphatic rings. The van der Waals surface area contributed by atoms with Gasteiger partial charge in [-0.15, -0.1) is 0 Å². The standard InChI is InChI=1S/C18H28O5/c1-13-6-4-3-5-7-14-10-15(22-12-21-2)11-16(14)17(19)8-9-18(20)23-13/h5,7-9,13-17,19H,3-4,6,10-12H2,1-2H3/b7-5+,9-8+/t13-,14+,15-,16+,17+/m0/s1. The lowest BCUT2D eigenvalue weighted by Crippen LogP contribution is -2.22. The minimum Gasteiger partial charge on any atom is -0.460 e. The normalized spacial score (nSPS) is 38.6. The molecular formula is C18H28O5. The van der Waals surface area contributed by atoms with Gasteiger partial charge in [-0.2, -0.15) is 0 Å². The van der Waals surface area contributed by atoms with Crippen LogP contribution in [0.25, 0.3) is 0 Å². The number of aliphatic hydroxyl groups excluding tert-OH is 1. The van der Waals surface area contributed by atoms with Gasteiger partial charge in [0.2, 0.25) is 0 Å². The largest absolute Gasteiger partial charge is 0.460 e. The third-order valence-corrected chi connectivity index (χ3v) is 4.59. The summed E-state index contributed by atoms with van der Waals surface area (Å²) in [5, 5.41) is 10.4. The Bertz CT molecular complexity index is 431. The number of allylic oxidation sites excluding steroid dienone is 2. The number of hydrogen-bond donors (Lipinski definition) is 1. The van der Waals surface area contributed by atoms with Gasteiger partial charge in [-0.05, 0) is 56.9 Å². The fourth-order valence-corrected chi connectivity index (χ4v) is 3.38. The zero-order valence-electron chi connectivity index (χ0n) is 14.0. The minimum atomic E-state index is -0.676. The first-order valence-electron chi connectivity index (χ1n) is 8.44. The summed E-state index contributed by atoms with van der Waals surface area (Å²) in [6.07, 6.45) is 11.0. The van der Waals surface area contributed by atoms with Crippen LogP contribution in [0.1, 0.15) is 39.0 Å². The molecule has 5 nitrogen and oxygen atoms in total. The summed E-state index contributed by atoms with van der Waals surface area (Å²) in [7, 11) is 1.60. The second-order valence-electron chi connectivity index (χ2n) is 6.45. The quantitative estimate of drug-likeness (QED) is 0.491. The van der Waals surface area contributed by atoms with Gasteiger partial charge in [-0.3, -0.25) is 0 Å². The van der Waals surface area contributed by atoms with Crippen LogP contribution in [-0.2, 0) is 19.0 Å². The number of aliphatic hydroxyl groups is 1. The van der Waals surface area contributed by atoms with E-state index in [-0.39, 0.29) is 36.8 Å². The summed E-state index contributed by atoms with van der Waals surface area (Å²) in [6.45, 7) is 2.17. The summed E-state index contributed by atoms with van der Waals surface area (Å²) in [5.74, 6) is -0.0773. The zero-order chi connectivity index (χ0) is 16.7. The molecule has 5 atom stereocenters. The highest BCUT2D eigenvalue weighted by Crippen LogP contribution is 2.37. The Morgan fingerprint density at radius 1 is 1.35 bits per heavy atom. The van der Waals surface area contributed by atoms with Crippen molar-refractivity contribution < 1.29 is 24.1 Å². The third-order valence-electron chi connectivity index (χ3n) is 4.59. The molecule has 0 bridgehead atoms. The van der Waals surface area contributed by atoms with Crippen molar-refractivity contribution >= 4 is 5.97 Å². The minimum absolute atomic E-state index is 0.0512. The summed E-state index contributed by atoms with van der Waals surface area (Å²) in [4.78, 5) is 11.8. The molecule has 0 amide bonds. The Labute approximate surface area is 138 Å². The van der Waals surface area contributed by atoms with Crippen molar-refractivity contribution in [3.63, 3.8) is 0 Å². The molecular weight excluding hydrogens is 296 g/mol. The number of cyclic esters (lactones) is 1. The Kier molecular flexibility index (Phi) is 7.27. The highest BCUT2D eigenvalue weighted by molar-refractivity contribution is 5.82. The zero-order valence-corrected chi connectivity index (χ0v) is 14.0. The van der Waals surface area contributed by atoms with Gasteiger partial charge in [0, 0.05) is 13.2 Å². The van der Waals surface area contributed by atoms with E-state index in [0.717, 1.165) is 32.1 Å². The van der Waals surface area contributed by atoms with Crippen LogP contribution in [0.2, 0.25) is 0 Å². The SMILES string of the molecule is COCO[C@@H]1C[C@H]2[C@H](O)/C=C/C(=O)O[C@@H](C)CCC/C=C/[C@@H]2C1. The number of fused-ring (bicyclic) bond motifs is 1. The number of methoxy groups -OCH3 is 1. The molecule has 1 aliphatic carbocycles. The second kappa shape index (κ2) is 9.21. The molecule has 5 heteroatoms. The monoisotopic (exact) mass is 324 g/mol. The first-order chi connectivity index (χ1) is 11.1. The van der Waals surface area contributed by atoms with Crippen LogP contribution >= 0.6 is 0 Å². The molecule has 23 heavy (non-hydrogen) atoms. The smallest absolute Gasteiger partial charge is 0.330 e. The van der Waals surface area contributed by atoms with Crippen molar-refractivity contribution in [3.8, 4) is 0 Å². The maximum absolute atomic E-state index is 11.8. The Morgan fingerprint density at radius 2 is 2.17 bits per heavy atom. The lowest BCUT2D eigenvalue weighted by atomic mass is 9.90. The Balaban J connectivity index is 2.06. The molecule has 1 aliphatic heterocycles. The maximum Gasteiger partial charge on any atom is 0.330 e. The van der Waals surface area contributed by atoms with Gasteiger partial charge in [-0.1, -0.05) is 12.2 Å². The van der Waals surface area contributed by atoms with E-state index < -0.39 is 6.10 Å². The van der Waals surface area contributed by atoms with E-state index in [0.29, 0.717) is 0 Å². The molecule has 0 radical (unpaired) electrons. The van der Waals surface area contributed by atoms with Crippen LogP contribution in [0.15, 0.2) is 24.3 Å². The Hall–Kier alpha value is -1.17. The fourth-order valence-electron chi connectivity index (χ4n) is 3.38. The first kappa shape index (κ1) is 18.2. The lowest BCUT2D eigenvalue weighted by molar-refractivity contribution is -0.142. The topological polar surface area (TPSA) is 65.0 Å². The molecule has 1 N–H and O–H groups in total. The molecule has 2 rings (SSSR count). The van der Waals surface area contributed by atoms with Crippen LogP contribution in [0.4, 0.5) is 0 Å². The second-order valence-corrected chi connectivity index (χ2v) is 6.45. The molecule has 0 saturated heterocycles. The van der Waals surface area contributed by atoms with Crippen LogP contribution < -0.4 is 0 Å². The van der Waals surface area contributed by atoms with Crippen molar-refractivity contribution in [2.75, 3.05) is 13.9 Å². The van der Waals surface area contributed by atoms with Gasteiger partial charge in [0.05, 0.1) is 18.3 Å². The van der Waals surface area contributed by atoms with E-state index in [9.17, 15) is 9.90 Å². The number of carbonyl (C=O) groups excluding carboxylic acids is 1. The van der Waals surface area contributed by atoms with Crippen LogP contribution in [0, 0.1) is 11.8 Å². The maximum atomic E-state index is 11.8. The van der Waals surface area contributed by atoms with Gasteiger partial charge < -0.3 is 19.3 Å². The van der Waals surface area contributed by atoms with Crippen molar-refractivity contribution in [1.82, 2.24) is 0 Å². The van der Waals surface area contributed by atoms with Gasteiger partial charge in [-0.25, -0.2) is 4.79 Å². The number of ether oxygens (including phenoxy) is 3. The first-order valence-corrected chi connectivity index (χ1v) is 8.44. The van der Waals surface area contributed by atoms with Crippen molar-refractivity contribution in [2.24, 2.45) is 11.8 Å². The van der Waals surface area contributed by atoms with Crippen molar-refractivity contribution in [3.05, 3.63) is 24.3 Å². The predicted octanol–water partition coefficient (Wildman–Crippen LogP) is 2.59. The number of hydrogen-bond acceptors (Lipinski definition) is 5. The summed E-state index contributed by atoms with van der Waals surface area (Å²) >= 11 is 0. The lowest BCUT2D eigenvalue weighted by Gasteiger charge is -2.19. The number of carbonyl (C=O) groups is 1. The van der Waals surface area contributed by atoms with E-state index in [2.05, 4.69) is 12.2 Å². The highest BCUT2D eigenvalue weighted by Gasteiger charge is 2.36. The van der Waals surface area contributed by atoms with Gasteiger partial charge in [0.15, 0.2) is 0 Å². The van der Waals surface area contributed by atoms with E-state index in [1.165, 1.54) is 6.08 Å². The fraction of sp³-hybridized carbons (Fsp3) is 0.722. The average Bonchev–Trinajstić information content (AvgIpc) is 2.92. The van der Waals surface area contributed by atoms with Gasteiger partial charge >= 0.3 is 5.97 Å². The van der Waals surface area contributed by atoms with Crippen LogP contribution in [0.5, 0.6) is 0 Å². The van der Waals surface area contributed by atoms with E-state index in [1.807, 2.05) is 6.92 Å². The van der Waals surface area contributed by atoms with Crippen LogP contribution in [-0.4, -0.2) is 43.3 Å². The predicted molar refractivity (Wildman–Crippen MR) is 86.7 cm³/mol. The highest BCUT2D eigenvalue weighted by atomic mass is 16.7. The van der Waals surface area contributed by atoms with E-state index in [4.69, 9.17) is 14.2 Å². The van der Waals surface area contributed by atoms with Gasteiger partial charge in [0.1, 0.15) is 6.79 Å². The number of esters is 1. The Morgan fingerprint density at radius 3 is 2.96 bits per heavy atom. The summed E-state index contributed by atoms with van der Waals surface area (Å²) in [6, 6.07) is 0. The third kappa shape index (κ3) is 5.75. The van der Waals surface area contributed by atoms with E-state index >= 15 is 0 Å². The summed E-state index contributed by atoms with van der Waals surface area (Å²) < 4.78 is 15.9. The number of rotatable bonds is 3. The molecule has 1 heterocycles. The molecule has 1 saturated carbocycles. The molecule has 0 aromatic carbocycles. The molecule has 0 unspecified atom stereocenters. The van der Waals surface area contributed by atoms with Crippen LogP contribution in [0.3, 0.4) is 0 Å². The van der Waals surface area contributed by atoms with Crippen molar-refractivity contribution in [2.45, 2.75) is 57.3 Å². The average molecular weight is 324 g/mol. The molecule has 130 valence electrons. The van der Waals surface area contributed by atoms with Crippen molar-refractivity contribution in [1.29, 1.82) is 0 Å². The van der Waals surface area contributed by atoms with Gasteiger partial charge in [0.25, 0.3) is 0 Å². The molecule has 0 spiro atoms. The molecule has 0 aromatic rings. The molecule has 1 fully saturated rings. The molecule has 0 aromatic heterocycles.